The van der Waals surface area contributed by atoms with Gasteiger partial charge in [-0.2, -0.15) is 0 Å². The van der Waals surface area contributed by atoms with Gasteiger partial charge in [-0.05, 0) is 41.5 Å². The zero-order chi connectivity index (χ0) is 18.3. The van der Waals surface area contributed by atoms with Crippen molar-refractivity contribution in [2.75, 3.05) is 0 Å². The topological polar surface area (TPSA) is 104 Å². The van der Waals surface area contributed by atoms with Gasteiger partial charge in [-0.15, -0.1) is 11.6 Å². The van der Waals surface area contributed by atoms with Gasteiger partial charge in [0.25, 0.3) is 0 Å². The number of aliphatic carboxylic acids is 1. The number of aliphatic hydroxyl groups is 2. The number of carboxylic acids is 1. The number of rotatable bonds is 6. The van der Waals surface area contributed by atoms with E-state index in [1.807, 2.05) is 0 Å². The van der Waals surface area contributed by atoms with Crippen LogP contribution in [0.25, 0.3) is 0 Å². The second-order valence-corrected chi connectivity index (χ2v) is 7.47. The lowest BCUT2D eigenvalue weighted by atomic mass is 9.89. The van der Waals surface area contributed by atoms with E-state index in [-0.39, 0.29) is 6.42 Å². The van der Waals surface area contributed by atoms with E-state index < -0.39 is 40.0 Å². The molecule has 0 radical (unpaired) electrons. The van der Waals surface area contributed by atoms with Gasteiger partial charge in [0.2, 0.25) is 0 Å². The summed E-state index contributed by atoms with van der Waals surface area (Å²) in [5, 5.41) is 26.6. The third-order valence-corrected chi connectivity index (χ3v) is 2.70. The van der Waals surface area contributed by atoms with Crippen LogP contribution in [0, 0.1) is 5.92 Å². The molecule has 22 heavy (non-hydrogen) atoms. The second kappa shape index (κ2) is 9.55. The van der Waals surface area contributed by atoms with Crippen molar-refractivity contribution in [2.24, 2.45) is 5.92 Å². The number of hydrogen-bond acceptors (Lipinski definition) is 5. The maximum atomic E-state index is 10.8. The Bertz CT molecular complexity index is 353. The van der Waals surface area contributed by atoms with Gasteiger partial charge in [0.05, 0.1) is 17.6 Å². The van der Waals surface area contributed by atoms with Crippen LogP contribution in [0.3, 0.4) is 0 Å². The minimum atomic E-state index is -1.27. The van der Waals surface area contributed by atoms with Gasteiger partial charge >= 0.3 is 11.9 Å². The van der Waals surface area contributed by atoms with Crippen LogP contribution in [0.15, 0.2) is 0 Å². The quantitative estimate of drug-likeness (QED) is 0.496. The number of halogens is 2. The first-order valence-corrected chi connectivity index (χ1v) is 7.60. The predicted octanol–water partition coefficient (Wildman–Crippen LogP) is 2.36. The Balaban J connectivity index is 0. The van der Waals surface area contributed by atoms with Crippen LogP contribution in [-0.2, 0) is 14.3 Å². The van der Waals surface area contributed by atoms with Crippen molar-refractivity contribution in [1.29, 1.82) is 0 Å². The first kappa shape index (κ1) is 23.7. The molecule has 0 amide bonds. The van der Waals surface area contributed by atoms with Crippen molar-refractivity contribution in [3.05, 3.63) is 0 Å². The molecule has 3 atom stereocenters. The van der Waals surface area contributed by atoms with E-state index in [0.717, 1.165) is 0 Å². The van der Waals surface area contributed by atoms with E-state index in [1.165, 1.54) is 27.7 Å². The zero-order valence-corrected chi connectivity index (χ0v) is 15.3. The fourth-order valence-corrected chi connectivity index (χ4v) is 2.15. The molecule has 3 unspecified atom stereocenters. The van der Waals surface area contributed by atoms with Crippen LogP contribution in [-0.4, -0.2) is 49.4 Å². The van der Waals surface area contributed by atoms with Crippen molar-refractivity contribution in [1.82, 2.24) is 0 Å². The summed E-state index contributed by atoms with van der Waals surface area (Å²) >= 11 is 11.0. The summed E-state index contributed by atoms with van der Waals surface area (Å²) in [6.45, 7) is 9.04. The van der Waals surface area contributed by atoms with Crippen LogP contribution < -0.4 is 0 Å². The molecule has 3 N–H and O–H groups in total. The average molecular weight is 361 g/mol. The Hall–Kier alpha value is -0.560. The Kier molecular flexibility index (Phi) is 10.3. The van der Waals surface area contributed by atoms with Crippen molar-refractivity contribution in [3.63, 3.8) is 0 Å². The highest BCUT2D eigenvalue weighted by atomic mass is 35.5. The molecule has 0 aliphatic rings. The van der Waals surface area contributed by atoms with Gasteiger partial charge in [-0.1, -0.05) is 11.6 Å². The molecule has 0 bridgehead atoms. The van der Waals surface area contributed by atoms with E-state index in [0.29, 0.717) is 0 Å². The van der Waals surface area contributed by atoms with Gasteiger partial charge in [-0.3, -0.25) is 9.59 Å². The van der Waals surface area contributed by atoms with E-state index in [2.05, 4.69) is 4.74 Å². The zero-order valence-electron chi connectivity index (χ0n) is 13.8. The highest BCUT2D eigenvalue weighted by Crippen LogP contribution is 2.23. The van der Waals surface area contributed by atoms with Gasteiger partial charge in [0.15, 0.2) is 5.56 Å². The molecule has 0 fully saturated rings. The van der Waals surface area contributed by atoms with Gasteiger partial charge in [0.1, 0.15) is 5.92 Å². The molecule has 0 rings (SSSR count). The summed E-state index contributed by atoms with van der Waals surface area (Å²) in [7, 11) is 0. The third-order valence-electron chi connectivity index (χ3n) is 2.36. The summed E-state index contributed by atoms with van der Waals surface area (Å²) < 4.78 is 4.59. The number of esters is 1. The molecule has 0 aliphatic heterocycles. The van der Waals surface area contributed by atoms with Crippen molar-refractivity contribution >= 4 is 35.1 Å². The monoisotopic (exact) mass is 360 g/mol. The van der Waals surface area contributed by atoms with Crippen LogP contribution in [0.1, 0.15) is 48.0 Å². The SMILES string of the molecule is CC(Cl)C(C(=O)O)C(C)(C)O.CC(Cl)OC(=O)CC(C)(C)O. The number of carbonyl (C=O) groups excluding carboxylic acids is 1. The van der Waals surface area contributed by atoms with Crippen LogP contribution in [0.5, 0.6) is 0 Å². The lowest BCUT2D eigenvalue weighted by Gasteiger charge is -2.27. The minimum Gasteiger partial charge on any atom is -0.481 e. The first-order chi connectivity index (χ1) is 9.58. The van der Waals surface area contributed by atoms with E-state index in [9.17, 15) is 14.7 Å². The smallest absolute Gasteiger partial charge is 0.310 e. The van der Waals surface area contributed by atoms with Crippen molar-refractivity contribution < 1.29 is 29.6 Å². The summed E-state index contributed by atoms with van der Waals surface area (Å²) in [4.78, 5) is 21.3. The van der Waals surface area contributed by atoms with Crippen molar-refractivity contribution in [3.8, 4) is 0 Å². The van der Waals surface area contributed by atoms with Gasteiger partial charge < -0.3 is 20.1 Å². The highest BCUT2D eigenvalue weighted by Gasteiger charge is 2.36. The van der Waals surface area contributed by atoms with Crippen molar-refractivity contribution in [2.45, 2.75) is 70.1 Å². The fraction of sp³-hybridized carbons (Fsp3) is 0.857. The molecule has 0 saturated heterocycles. The molecule has 6 nitrogen and oxygen atoms in total. The Morgan fingerprint density at radius 1 is 1.09 bits per heavy atom. The molecular weight excluding hydrogens is 335 g/mol. The molecule has 0 aliphatic carbocycles. The lowest BCUT2D eigenvalue weighted by molar-refractivity contribution is -0.150. The number of carboxylic acid groups (broad SMARTS) is 1. The standard InChI is InChI=1S/2C7H13ClO3/c1-5(8)11-6(9)4-7(2,3)10;1-4(8)5(6(9)10)7(2,3)11/h5,10H,4H2,1-3H3;4-5,11H,1-3H3,(H,9,10). The number of ether oxygens (including phenoxy) is 1. The third kappa shape index (κ3) is 13.1. The fourth-order valence-electron chi connectivity index (χ4n) is 1.64. The van der Waals surface area contributed by atoms with E-state index in [1.54, 1.807) is 13.8 Å². The van der Waals surface area contributed by atoms with E-state index >= 15 is 0 Å². The number of alkyl halides is 2. The highest BCUT2D eigenvalue weighted by molar-refractivity contribution is 6.21. The average Bonchev–Trinajstić information content (AvgIpc) is 2.07. The molecule has 8 heteroatoms. The van der Waals surface area contributed by atoms with Crippen LogP contribution in [0.2, 0.25) is 0 Å². The van der Waals surface area contributed by atoms with Crippen LogP contribution in [0.4, 0.5) is 0 Å². The second-order valence-electron chi connectivity index (χ2n) is 6.17. The van der Waals surface area contributed by atoms with Gasteiger partial charge in [0, 0.05) is 5.38 Å². The molecule has 0 aromatic carbocycles. The maximum absolute atomic E-state index is 10.8. The molecule has 0 heterocycles. The number of hydrogen-bond donors (Lipinski definition) is 3. The summed E-state index contributed by atoms with van der Waals surface area (Å²) in [6.07, 6.45) is -0.0376. The first-order valence-electron chi connectivity index (χ1n) is 6.73. The lowest BCUT2D eigenvalue weighted by Crippen LogP contribution is -2.41. The molecule has 0 aromatic heterocycles. The van der Waals surface area contributed by atoms with Crippen LogP contribution >= 0.6 is 23.2 Å². The number of carbonyl (C=O) groups is 2. The largest absolute Gasteiger partial charge is 0.481 e. The molecule has 0 aromatic rings. The summed E-state index contributed by atoms with van der Waals surface area (Å²) in [6, 6.07) is 0. The molecule has 0 saturated carbocycles. The maximum Gasteiger partial charge on any atom is 0.310 e. The Morgan fingerprint density at radius 3 is 1.64 bits per heavy atom. The normalized spacial score (nSPS) is 15.9. The molecule has 0 spiro atoms. The van der Waals surface area contributed by atoms with E-state index in [4.69, 9.17) is 33.4 Å². The molecule has 132 valence electrons. The predicted molar refractivity (Wildman–Crippen MR) is 85.1 cm³/mol. The van der Waals surface area contributed by atoms with Gasteiger partial charge in [-0.25, -0.2) is 0 Å². The Morgan fingerprint density at radius 2 is 1.50 bits per heavy atom. The summed E-state index contributed by atoms with van der Waals surface area (Å²) in [5.74, 6) is -2.48. The summed E-state index contributed by atoms with van der Waals surface area (Å²) in [5.41, 5.74) is -2.93. The Labute approximate surface area is 141 Å². The minimum absolute atomic E-state index is 0.0376. The molecular formula is C14H26Cl2O6.